The highest BCUT2D eigenvalue weighted by Crippen LogP contribution is 2.37. The summed E-state index contributed by atoms with van der Waals surface area (Å²) in [7, 11) is 0. The van der Waals surface area contributed by atoms with Crippen molar-refractivity contribution in [2.45, 2.75) is 24.5 Å². The number of aliphatic hydroxyl groups is 1. The van der Waals surface area contributed by atoms with Gasteiger partial charge >= 0.3 is 12.4 Å². The van der Waals surface area contributed by atoms with E-state index >= 15 is 0 Å². The summed E-state index contributed by atoms with van der Waals surface area (Å²) in [6.45, 7) is 0. The molecule has 0 saturated heterocycles. The van der Waals surface area contributed by atoms with Gasteiger partial charge in [0.1, 0.15) is 0 Å². The summed E-state index contributed by atoms with van der Waals surface area (Å²) in [5, 5.41) is 8.13. The highest BCUT2D eigenvalue weighted by atomic mass is 35.5. The van der Waals surface area contributed by atoms with Crippen molar-refractivity contribution in [1.82, 2.24) is 0 Å². The van der Waals surface area contributed by atoms with Gasteiger partial charge < -0.3 is 10.8 Å². The van der Waals surface area contributed by atoms with E-state index in [-0.39, 0.29) is 5.56 Å². The first-order chi connectivity index (χ1) is 8.44. The number of hydrogen-bond acceptors (Lipinski definition) is 2. The smallest absolute Gasteiger partial charge is 0.382 e. The Kier molecular flexibility index (Phi) is 4.38. The lowest BCUT2D eigenvalue weighted by atomic mass is 10.0. The van der Waals surface area contributed by atoms with Gasteiger partial charge in [0.05, 0.1) is 16.6 Å². The lowest BCUT2D eigenvalue weighted by Gasteiger charge is -2.22. The zero-order valence-corrected chi connectivity index (χ0v) is 9.81. The van der Waals surface area contributed by atoms with Gasteiger partial charge in [-0.1, -0.05) is 17.7 Å². The molecular weight excluding hydrogens is 300 g/mol. The van der Waals surface area contributed by atoms with Gasteiger partial charge in [0.25, 0.3) is 0 Å². The minimum atomic E-state index is -4.98. The molecule has 0 aliphatic heterocycles. The second-order valence-electron chi connectivity index (χ2n) is 3.75. The number of halogens is 7. The lowest BCUT2D eigenvalue weighted by Crippen LogP contribution is -2.38. The summed E-state index contributed by atoms with van der Waals surface area (Å²) < 4.78 is 73.8. The fourth-order valence-electron chi connectivity index (χ4n) is 1.35. The molecular formula is C10H8ClF6NO. The van der Waals surface area contributed by atoms with E-state index in [9.17, 15) is 26.3 Å². The molecule has 1 aromatic rings. The van der Waals surface area contributed by atoms with Crippen molar-refractivity contribution in [3.8, 4) is 0 Å². The molecule has 2 nitrogen and oxygen atoms in total. The average Bonchev–Trinajstić information content (AvgIpc) is 2.23. The van der Waals surface area contributed by atoms with Crippen LogP contribution in [0.15, 0.2) is 18.2 Å². The molecule has 9 heteroatoms. The molecule has 108 valence electrons. The molecule has 0 heterocycles. The van der Waals surface area contributed by atoms with Gasteiger partial charge in [-0.05, 0) is 17.7 Å². The van der Waals surface area contributed by atoms with Crippen LogP contribution in [0.5, 0.6) is 0 Å². The van der Waals surface area contributed by atoms with Crippen LogP contribution in [-0.4, -0.2) is 17.4 Å². The molecule has 0 aliphatic rings. The van der Waals surface area contributed by atoms with Gasteiger partial charge in [-0.3, -0.25) is 0 Å². The standard InChI is InChI=1S/C10H8ClF6NO/c11-6-3-4(1-2-5(6)9(12,13)14)7(18)8(19)10(15,16)17/h1-3,7-8,19H,18H2/t7-,8-/m0/s1. The fourth-order valence-corrected chi connectivity index (χ4v) is 1.65. The maximum Gasteiger partial charge on any atom is 0.417 e. The van der Waals surface area contributed by atoms with Crippen LogP contribution >= 0.6 is 11.6 Å². The Balaban J connectivity index is 3.08. The van der Waals surface area contributed by atoms with Crippen molar-refractivity contribution in [2.75, 3.05) is 0 Å². The topological polar surface area (TPSA) is 46.2 Å². The first-order valence-electron chi connectivity index (χ1n) is 4.81. The monoisotopic (exact) mass is 307 g/mol. The summed E-state index contributed by atoms with van der Waals surface area (Å²) in [6, 6.07) is -0.00124. The van der Waals surface area contributed by atoms with Crippen LogP contribution in [0.3, 0.4) is 0 Å². The van der Waals surface area contributed by atoms with Gasteiger partial charge in [-0.15, -0.1) is 0 Å². The zero-order chi connectivity index (χ0) is 15.0. The van der Waals surface area contributed by atoms with Crippen molar-refractivity contribution in [1.29, 1.82) is 0 Å². The Labute approximate surface area is 108 Å². The van der Waals surface area contributed by atoms with Crippen molar-refractivity contribution in [3.63, 3.8) is 0 Å². The van der Waals surface area contributed by atoms with E-state index in [0.29, 0.717) is 12.1 Å². The number of alkyl halides is 6. The van der Waals surface area contributed by atoms with Crippen molar-refractivity contribution < 1.29 is 31.4 Å². The lowest BCUT2D eigenvalue weighted by molar-refractivity contribution is -0.210. The summed E-state index contributed by atoms with van der Waals surface area (Å²) in [5.74, 6) is 0. The Hall–Kier alpha value is -0.990. The van der Waals surface area contributed by atoms with E-state index in [0.717, 1.165) is 6.07 Å². The van der Waals surface area contributed by atoms with Crippen molar-refractivity contribution in [2.24, 2.45) is 5.73 Å². The summed E-state index contributed by atoms with van der Waals surface area (Å²) in [6.07, 6.45) is -12.6. The van der Waals surface area contributed by atoms with E-state index in [1.54, 1.807) is 0 Å². The second-order valence-corrected chi connectivity index (χ2v) is 4.16. The Morgan fingerprint density at radius 1 is 1.11 bits per heavy atom. The summed E-state index contributed by atoms with van der Waals surface area (Å²) >= 11 is 5.34. The minimum Gasteiger partial charge on any atom is -0.382 e. The molecule has 0 unspecified atom stereocenters. The van der Waals surface area contributed by atoms with Crippen LogP contribution in [0.1, 0.15) is 17.2 Å². The second kappa shape index (κ2) is 5.18. The van der Waals surface area contributed by atoms with Crippen LogP contribution in [0.2, 0.25) is 5.02 Å². The molecule has 0 radical (unpaired) electrons. The molecule has 1 aromatic carbocycles. The highest BCUT2D eigenvalue weighted by molar-refractivity contribution is 6.31. The number of rotatable bonds is 2. The van der Waals surface area contributed by atoms with Crippen molar-refractivity contribution in [3.05, 3.63) is 34.3 Å². The number of aliphatic hydroxyl groups excluding tert-OH is 1. The Bertz CT molecular complexity index is 458. The molecule has 0 aliphatic carbocycles. The van der Waals surface area contributed by atoms with E-state index < -0.39 is 35.1 Å². The zero-order valence-electron chi connectivity index (χ0n) is 9.06. The average molecular weight is 308 g/mol. The first-order valence-corrected chi connectivity index (χ1v) is 5.19. The number of benzene rings is 1. The largest absolute Gasteiger partial charge is 0.417 e. The van der Waals surface area contributed by atoms with E-state index in [2.05, 4.69) is 0 Å². The Morgan fingerprint density at radius 2 is 1.63 bits per heavy atom. The predicted octanol–water partition coefficient (Wildman–Crippen LogP) is 3.28. The normalized spacial score (nSPS) is 16.3. The first kappa shape index (κ1) is 16.1. The Morgan fingerprint density at radius 3 is 2.00 bits per heavy atom. The van der Waals surface area contributed by atoms with Crippen LogP contribution in [-0.2, 0) is 6.18 Å². The molecule has 0 aromatic heterocycles. The SMILES string of the molecule is N[C@@H](c1ccc(C(F)(F)F)c(Cl)c1)[C@H](O)C(F)(F)F. The predicted molar refractivity (Wildman–Crippen MR) is 55.4 cm³/mol. The van der Waals surface area contributed by atoms with Gasteiger partial charge in [0.2, 0.25) is 0 Å². The van der Waals surface area contributed by atoms with E-state index in [1.165, 1.54) is 0 Å². The van der Waals surface area contributed by atoms with Crippen LogP contribution < -0.4 is 5.73 Å². The molecule has 2 atom stereocenters. The van der Waals surface area contributed by atoms with E-state index in [1.807, 2.05) is 0 Å². The third kappa shape index (κ3) is 3.74. The summed E-state index contributed by atoms with van der Waals surface area (Å²) in [5.41, 5.74) is 3.61. The molecule has 3 N–H and O–H groups in total. The maximum absolute atomic E-state index is 12.4. The molecule has 1 rings (SSSR count). The number of hydrogen-bond donors (Lipinski definition) is 2. The molecule has 0 saturated carbocycles. The third-order valence-corrected chi connectivity index (χ3v) is 2.67. The minimum absolute atomic E-state index is 0.345. The van der Waals surface area contributed by atoms with Crippen molar-refractivity contribution >= 4 is 11.6 Å². The fraction of sp³-hybridized carbons (Fsp3) is 0.400. The summed E-state index contributed by atoms with van der Waals surface area (Å²) in [4.78, 5) is 0. The molecule has 19 heavy (non-hydrogen) atoms. The van der Waals surface area contributed by atoms with Crippen LogP contribution in [0.25, 0.3) is 0 Å². The number of nitrogens with two attached hydrogens (primary N) is 1. The van der Waals surface area contributed by atoms with Crippen LogP contribution in [0, 0.1) is 0 Å². The molecule has 0 spiro atoms. The molecule has 0 bridgehead atoms. The van der Waals surface area contributed by atoms with Gasteiger partial charge in [0.15, 0.2) is 6.10 Å². The highest BCUT2D eigenvalue weighted by Gasteiger charge is 2.43. The third-order valence-electron chi connectivity index (χ3n) is 2.36. The van der Waals surface area contributed by atoms with Gasteiger partial charge in [-0.2, -0.15) is 26.3 Å². The van der Waals surface area contributed by atoms with Crippen LogP contribution in [0.4, 0.5) is 26.3 Å². The molecule has 0 fully saturated rings. The maximum atomic E-state index is 12.4. The molecule has 0 amide bonds. The van der Waals surface area contributed by atoms with E-state index in [4.69, 9.17) is 22.4 Å². The van der Waals surface area contributed by atoms with Gasteiger partial charge in [0, 0.05) is 0 Å². The quantitative estimate of drug-likeness (QED) is 0.824. The van der Waals surface area contributed by atoms with Gasteiger partial charge in [-0.25, -0.2) is 0 Å².